The van der Waals surface area contributed by atoms with E-state index in [1.54, 1.807) is 86.5 Å². The number of carbonyl (C=O) groups excluding carboxylic acids is 4. The standard InChI is InChI=1S/C59H36N8O4.4C10H8N2.2Ru/c68-56-44-9-5-7-42-52(44)46(58(70)66(56)40-17-13-34(14-18-40)36-21-25-62-50(29-36)48-11-1-3-23-60-48)27-38-31-64-33-65(54(38)42)32-39-28-47-53-43(55(39)64)8-6-10-45(53)57(69)67(59(47)71)41-19-15-35(16-20-41)37-22-26-63-51(30-37)49-12-2-4-24-61-49;4*1-3-7-11-9(5-1)10-6-2-4-8-12-10;;/h1-30H,31-33H2;4*1-8H;;/q;;;;;2*+2. The number of pyridine rings is 12. The smallest absolute Gasteiger partial charge is 0.349 e. The fraction of sp³-hybridized carbons (Fsp3) is 0.0303. The summed E-state index contributed by atoms with van der Waals surface area (Å²) in [5.74, 6) is -1.54. The van der Waals surface area contributed by atoms with Crippen molar-refractivity contribution in [1.82, 2.24) is 59.8 Å². The molecule has 580 valence electrons. The Balaban J connectivity index is 0.000000173. The van der Waals surface area contributed by atoms with Gasteiger partial charge in [-0.05, 0) is 228 Å². The first-order chi connectivity index (χ1) is 58.7. The number of carbonyl (C=O) groups is 4. The van der Waals surface area contributed by atoms with Crippen LogP contribution in [-0.2, 0) is 52.0 Å². The second-order valence-corrected chi connectivity index (χ2v) is 27.9. The van der Waals surface area contributed by atoms with Crippen molar-refractivity contribution in [3.63, 3.8) is 0 Å². The second kappa shape index (κ2) is 36.5. The molecule has 20 nitrogen and oxygen atoms in total. The molecule has 12 aromatic heterocycles. The van der Waals surface area contributed by atoms with Gasteiger partial charge in [-0.15, -0.1) is 0 Å². The number of nitrogens with zero attached hydrogens (tertiary/aromatic N) is 16. The van der Waals surface area contributed by atoms with Gasteiger partial charge in [0.25, 0.3) is 23.6 Å². The summed E-state index contributed by atoms with van der Waals surface area (Å²) < 4.78 is 0. The van der Waals surface area contributed by atoms with Gasteiger partial charge in [-0.3, -0.25) is 79.0 Å². The first-order valence-corrected chi connectivity index (χ1v) is 38.4. The van der Waals surface area contributed by atoms with E-state index in [1.165, 1.54) is 9.80 Å². The van der Waals surface area contributed by atoms with Crippen molar-refractivity contribution in [1.29, 1.82) is 0 Å². The van der Waals surface area contributed by atoms with Crippen LogP contribution in [0, 0.1) is 0 Å². The number of fused-ring (bicyclic) bond motifs is 8. The minimum atomic E-state index is -0.387. The molecule has 0 fully saturated rings. The van der Waals surface area contributed by atoms with Gasteiger partial charge in [-0.2, -0.15) is 0 Å². The summed E-state index contributed by atoms with van der Waals surface area (Å²) in [7, 11) is 0. The van der Waals surface area contributed by atoms with E-state index in [9.17, 15) is 19.2 Å². The van der Waals surface area contributed by atoms with Crippen LogP contribution in [0.25, 0.3) is 112 Å². The van der Waals surface area contributed by atoms with Crippen molar-refractivity contribution in [2.75, 3.05) is 26.3 Å². The molecule has 2 bridgehead atoms. The number of amides is 4. The van der Waals surface area contributed by atoms with Crippen LogP contribution in [0.15, 0.2) is 378 Å². The molecule has 0 saturated carbocycles. The van der Waals surface area contributed by atoms with Crippen molar-refractivity contribution in [3.8, 4) is 90.6 Å². The number of imide groups is 2. The summed E-state index contributed by atoms with van der Waals surface area (Å²) in [5.41, 5.74) is 20.6. The van der Waals surface area contributed by atoms with Gasteiger partial charge in [0.15, 0.2) is 0 Å². The van der Waals surface area contributed by atoms with Gasteiger partial charge in [-0.1, -0.05) is 109 Å². The Bertz CT molecular complexity index is 6010. The maximum Gasteiger partial charge on any atom is 2.00 e. The Morgan fingerprint density at radius 3 is 0.719 bits per heavy atom. The molecule has 16 heterocycles. The van der Waals surface area contributed by atoms with Gasteiger partial charge >= 0.3 is 39.0 Å². The molecule has 4 aliphatic rings. The molecule has 6 aromatic carbocycles. The fourth-order valence-corrected chi connectivity index (χ4v) is 15.1. The molecule has 0 radical (unpaired) electrons. The molecule has 0 spiro atoms. The normalized spacial score (nSPS) is 12.4. The summed E-state index contributed by atoms with van der Waals surface area (Å²) in [6, 6.07) is 95.7. The van der Waals surface area contributed by atoms with Crippen LogP contribution in [-0.4, -0.2) is 90.1 Å². The van der Waals surface area contributed by atoms with Crippen molar-refractivity contribution < 1.29 is 58.1 Å². The summed E-state index contributed by atoms with van der Waals surface area (Å²) in [4.78, 5) is 117. The van der Waals surface area contributed by atoms with Gasteiger partial charge < -0.3 is 9.80 Å². The van der Waals surface area contributed by atoms with E-state index >= 15 is 0 Å². The predicted octanol–water partition coefficient (Wildman–Crippen LogP) is 19.7. The van der Waals surface area contributed by atoms with Gasteiger partial charge in [0, 0.05) is 131 Å². The summed E-state index contributed by atoms with van der Waals surface area (Å²) >= 11 is 0. The predicted molar refractivity (Wildman–Crippen MR) is 463 cm³/mol. The van der Waals surface area contributed by atoms with E-state index < -0.39 is 0 Å². The van der Waals surface area contributed by atoms with E-state index in [0.29, 0.717) is 64.2 Å². The summed E-state index contributed by atoms with van der Waals surface area (Å²) in [5, 5.41) is 2.94. The van der Waals surface area contributed by atoms with Gasteiger partial charge in [0.1, 0.15) is 0 Å². The van der Waals surface area contributed by atoms with Crippen LogP contribution in [0.1, 0.15) is 52.6 Å². The monoisotopic (exact) mass is 1750 g/mol. The minimum Gasteiger partial charge on any atom is -0.349 e. The number of hydrogen-bond acceptors (Lipinski definition) is 18. The van der Waals surface area contributed by atoms with E-state index in [4.69, 9.17) is 0 Å². The quantitative estimate of drug-likeness (QED) is 0.0914. The first kappa shape index (κ1) is 79.6. The van der Waals surface area contributed by atoms with E-state index in [2.05, 4.69) is 69.6 Å². The van der Waals surface area contributed by atoms with Crippen LogP contribution in [0.4, 0.5) is 22.7 Å². The molecule has 22 rings (SSSR count). The van der Waals surface area contributed by atoms with Crippen LogP contribution < -0.4 is 19.6 Å². The summed E-state index contributed by atoms with van der Waals surface area (Å²) in [6.07, 6.45) is 21.1. The average Bonchev–Trinajstić information content (AvgIpc) is 0.700. The zero-order chi connectivity index (χ0) is 80.4. The van der Waals surface area contributed by atoms with Gasteiger partial charge in [-0.25, -0.2) is 9.80 Å². The Morgan fingerprint density at radius 2 is 0.463 bits per heavy atom. The van der Waals surface area contributed by atoms with Crippen LogP contribution in [0.3, 0.4) is 0 Å². The molecule has 0 unspecified atom stereocenters. The van der Waals surface area contributed by atoms with E-state index in [-0.39, 0.29) is 62.6 Å². The SMILES string of the molecule is O=C1c2cccc3c4c(cc(c23)C(=O)N1c1ccc(-c2ccnc(-c3ccccn3)c2)cc1)CN1CN4Cc2cc3c4c(cccc4c21)C(=O)N(c1ccc(-c2ccnc(-c4ccccn4)c2)cc1)C3=O.[Ru+2].[Ru+2].c1ccc(-c2ccccn2)nc1.c1ccc(-c2ccccn2)nc1.c1ccc(-c2ccccn2)nc1.c1ccc(-c2ccccn2)nc1. The van der Waals surface area contributed by atoms with Crippen LogP contribution in [0.2, 0.25) is 0 Å². The number of anilines is 4. The molecule has 0 atom stereocenters. The van der Waals surface area contributed by atoms with Crippen molar-refractivity contribution >= 4 is 67.9 Å². The number of rotatable bonds is 10. The zero-order valence-electron chi connectivity index (χ0n) is 64.4. The molecule has 4 amide bonds. The minimum absolute atomic E-state index is 0. The molecule has 4 aliphatic heterocycles. The molecule has 22 heteroatoms. The average molecular weight is 1750 g/mol. The molecule has 18 aromatic rings. The molecule has 0 N–H and O–H groups in total. The van der Waals surface area contributed by atoms with Crippen LogP contribution >= 0.6 is 0 Å². The molecule has 0 saturated heterocycles. The summed E-state index contributed by atoms with van der Waals surface area (Å²) in [6.45, 7) is 1.47. The second-order valence-electron chi connectivity index (χ2n) is 27.9. The van der Waals surface area contributed by atoms with Gasteiger partial charge in [0.2, 0.25) is 0 Å². The molecule has 121 heavy (non-hydrogen) atoms. The van der Waals surface area contributed by atoms with Crippen molar-refractivity contribution in [2.45, 2.75) is 13.1 Å². The third kappa shape index (κ3) is 16.8. The third-order valence-corrected chi connectivity index (χ3v) is 20.5. The van der Waals surface area contributed by atoms with Crippen molar-refractivity contribution in [2.24, 2.45) is 0 Å². The molecular formula is C99H68N16O4Ru2+4. The Morgan fingerprint density at radius 1 is 0.215 bits per heavy atom. The van der Waals surface area contributed by atoms with E-state index in [1.807, 2.05) is 291 Å². The van der Waals surface area contributed by atoms with Crippen molar-refractivity contribution in [3.05, 3.63) is 411 Å². The maximum absolute atomic E-state index is 14.7. The largest absolute Gasteiger partial charge is 2.00 e. The Hall–Kier alpha value is -15.2. The number of benzene rings is 6. The zero-order valence-corrected chi connectivity index (χ0v) is 67.9. The topological polar surface area (TPSA) is 236 Å². The molecule has 0 aliphatic carbocycles. The third-order valence-electron chi connectivity index (χ3n) is 20.5. The first-order valence-electron chi connectivity index (χ1n) is 38.4. The molecular weight excluding hydrogens is 1680 g/mol. The maximum atomic E-state index is 14.7. The Kier molecular flexibility index (Phi) is 24.0. The number of hydrogen-bond donors (Lipinski definition) is 0. The fourth-order valence-electron chi connectivity index (χ4n) is 15.1. The van der Waals surface area contributed by atoms with Gasteiger partial charge in [0.05, 0.1) is 97.7 Å². The number of aromatic nitrogens is 12. The van der Waals surface area contributed by atoms with Crippen LogP contribution in [0.5, 0.6) is 0 Å². The Labute approximate surface area is 721 Å². The van der Waals surface area contributed by atoms with E-state index in [0.717, 1.165) is 124 Å².